The summed E-state index contributed by atoms with van der Waals surface area (Å²) in [4.78, 5) is 15.9. The number of aryl methyl sites for hydroxylation is 2. The van der Waals surface area contributed by atoms with E-state index in [4.69, 9.17) is 0 Å². The van der Waals surface area contributed by atoms with Gasteiger partial charge in [-0.1, -0.05) is 18.2 Å². The van der Waals surface area contributed by atoms with Crippen LogP contribution >= 0.6 is 0 Å². The van der Waals surface area contributed by atoms with Crippen LogP contribution in [-0.2, 0) is 25.6 Å². The van der Waals surface area contributed by atoms with Gasteiger partial charge in [0.15, 0.2) is 0 Å². The Balaban J connectivity index is 1.35. The van der Waals surface area contributed by atoms with Crippen LogP contribution in [0, 0.1) is 0 Å². The van der Waals surface area contributed by atoms with Crippen molar-refractivity contribution in [3.63, 3.8) is 0 Å². The number of fused-ring (bicyclic) bond motifs is 1. The lowest BCUT2D eigenvalue weighted by Gasteiger charge is -2.32. The molecule has 148 valence electrons. The van der Waals surface area contributed by atoms with Crippen molar-refractivity contribution in [1.29, 1.82) is 0 Å². The zero-order valence-electron chi connectivity index (χ0n) is 15.7. The molecule has 0 bridgehead atoms. The second-order valence-electron chi connectivity index (χ2n) is 7.75. The lowest BCUT2D eigenvalue weighted by molar-refractivity contribution is -0.917. The molecule has 1 N–H and O–H groups in total. The van der Waals surface area contributed by atoms with Gasteiger partial charge in [-0.3, -0.25) is 4.79 Å². The second kappa shape index (κ2) is 7.59. The fraction of sp³-hybridized carbons (Fsp3) is 0.409. The van der Waals surface area contributed by atoms with Gasteiger partial charge in [0.25, 0.3) is 5.91 Å². The third kappa shape index (κ3) is 4.07. The SMILES string of the molecule is O=C(c1ccc2c(c1)CCC2)N1CC[NH+](Cc2cccc(C(F)(F)F)c2)CC1. The Morgan fingerprint density at radius 1 is 1.00 bits per heavy atom. The smallest absolute Gasteiger partial charge is 0.328 e. The summed E-state index contributed by atoms with van der Waals surface area (Å²) in [6.45, 7) is 3.29. The van der Waals surface area contributed by atoms with E-state index < -0.39 is 11.7 Å². The van der Waals surface area contributed by atoms with Crippen molar-refractivity contribution in [1.82, 2.24) is 4.90 Å². The first-order chi connectivity index (χ1) is 13.4. The molecule has 0 spiro atoms. The summed E-state index contributed by atoms with van der Waals surface area (Å²) >= 11 is 0. The number of benzene rings is 2. The Kier molecular flexibility index (Phi) is 5.15. The molecule has 2 aliphatic rings. The molecule has 1 saturated heterocycles. The molecule has 0 radical (unpaired) electrons. The van der Waals surface area contributed by atoms with Gasteiger partial charge in [0.2, 0.25) is 0 Å². The Bertz CT molecular complexity index is 870. The van der Waals surface area contributed by atoms with Crippen molar-refractivity contribution in [2.45, 2.75) is 32.0 Å². The molecule has 3 nitrogen and oxygen atoms in total. The summed E-state index contributed by atoms with van der Waals surface area (Å²) in [5, 5.41) is 0. The normalized spacial score (nSPS) is 17.6. The quantitative estimate of drug-likeness (QED) is 0.858. The van der Waals surface area contributed by atoms with Gasteiger partial charge in [-0.15, -0.1) is 0 Å². The lowest BCUT2D eigenvalue weighted by Crippen LogP contribution is -3.13. The molecule has 0 aromatic heterocycles. The number of halogens is 3. The number of piperazine rings is 1. The largest absolute Gasteiger partial charge is 0.416 e. The highest BCUT2D eigenvalue weighted by Gasteiger charge is 2.31. The first-order valence-corrected chi connectivity index (χ1v) is 9.81. The molecule has 2 aromatic carbocycles. The van der Waals surface area contributed by atoms with E-state index in [2.05, 4.69) is 6.07 Å². The molecule has 0 atom stereocenters. The van der Waals surface area contributed by atoms with Crippen LogP contribution in [0.1, 0.15) is 39.0 Å². The minimum atomic E-state index is -4.31. The van der Waals surface area contributed by atoms with Gasteiger partial charge in [0, 0.05) is 11.1 Å². The Hall–Kier alpha value is -2.34. The standard InChI is InChI=1S/C22H23F3N2O/c23-22(24,25)20-6-1-3-16(13-20)15-26-9-11-27(12-10-26)21(28)19-8-7-17-4-2-5-18(17)14-19/h1,3,6-8,13-14H,2,4-5,9-12,15H2/p+1. The van der Waals surface area contributed by atoms with Crippen molar-refractivity contribution < 1.29 is 22.9 Å². The lowest BCUT2D eigenvalue weighted by atomic mass is 10.1. The number of rotatable bonds is 3. The third-order valence-electron chi connectivity index (χ3n) is 5.81. The van der Waals surface area contributed by atoms with Crippen LogP contribution in [0.3, 0.4) is 0 Å². The van der Waals surface area contributed by atoms with E-state index in [1.807, 2.05) is 17.0 Å². The van der Waals surface area contributed by atoms with Crippen molar-refractivity contribution in [2.75, 3.05) is 26.2 Å². The number of nitrogens with one attached hydrogen (secondary N) is 1. The van der Waals surface area contributed by atoms with Crippen molar-refractivity contribution >= 4 is 5.91 Å². The minimum Gasteiger partial charge on any atom is -0.328 e. The molecule has 6 heteroatoms. The molecular formula is C22H24F3N2O+. The van der Waals surface area contributed by atoms with Crippen LogP contribution in [0.5, 0.6) is 0 Å². The maximum Gasteiger partial charge on any atom is 0.416 e. The molecule has 4 rings (SSSR count). The summed E-state index contributed by atoms with van der Waals surface area (Å²) in [5.74, 6) is 0.0628. The van der Waals surface area contributed by atoms with Gasteiger partial charge in [-0.2, -0.15) is 13.2 Å². The third-order valence-corrected chi connectivity index (χ3v) is 5.81. The van der Waals surface area contributed by atoms with E-state index in [9.17, 15) is 18.0 Å². The summed E-state index contributed by atoms with van der Waals surface area (Å²) in [6, 6.07) is 11.6. The van der Waals surface area contributed by atoms with Crippen LogP contribution in [0.2, 0.25) is 0 Å². The van der Waals surface area contributed by atoms with Gasteiger partial charge in [-0.25, -0.2) is 0 Å². The predicted molar refractivity (Wildman–Crippen MR) is 100 cm³/mol. The molecule has 2 aromatic rings. The number of carbonyl (C=O) groups excluding carboxylic acids is 1. The molecule has 1 heterocycles. The van der Waals surface area contributed by atoms with Crippen LogP contribution in [0.15, 0.2) is 42.5 Å². The second-order valence-corrected chi connectivity index (χ2v) is 7.75. The van der Waals surface area contributed by atoms with Gasteiger partial charge in [0.05, 0.1) is 31.7 Å². The maximum absolute atomic E-state index is 12.9. The van der Waals surface area contributed by atoms with Crippen molar-refractivity contribution in [3.05, 3.63) is 70.3 Å². The molecule has 1 fully saturated rings. The highest BCUT2D eigenvalue weighted by molar-refractivity contribution is 5.94. The van der Waals surface area contributed by atoms with E-state index in [-0.39, 0.29) is 5.91 Å². The summed E-state index contributed by atoms with van der Waals surface area (Å²) < 4.78 is 38.6. The van der Waals surface area contributed by atoms with E-state index >= 15 is 0 Å². The summed E-state index contributed by atoms with van der Waals surface area (Å²) in [5.41, 5.74) is 3.48. The molecule has 1 aliphatic heterocycles. The molecule has 0 saturated carbocycles. The average Bonchev–Trinajstić information content (AvgIpc) is 3.15. The number of carbonyl (C=O) groups is 1. The maximum atomic E-state index is 12.9. The Labute approximate surface area is 162 Å². The molecule has 1 aliphatic carbocycles. The van der Waals surface area contributed by atoms with Crippen LogP contribution in [-0.4, -0.2) is 37.0 Å². The Morgan fingerprint density at radius 2 is 1.75 bits per heavy atom. The van der Waals surface area contributed by atoms with Gasteiger partial charge in [-0.05, 0) is 54.7 Å². The first kappa shape index (κ1) is 19.0. The number of hydrogen-bond acceptors (Lipinski definition) is 1. The zero-order valence-corrected chi connectivity index (χ0v) is 15.7. The van der Waals surface area contributed by atoms with Crippen molar-refractivity contribution in [2.24, 2.45) is 0 Å². The predicted octanol–water partition coefficient (Wildman–Crippen LogP) is 2.74. The fourth-order valence-corrected chi connectivity index (χ4v) is 4.24. The van der Waals surface area contributed by atoms with Crippen molar-refractivity contribution in [3.8, 4) is 0 Å². The number of alkyl halides is 3. The van der Waals surface area contributed by atoms with Crippen LogP contribution in [0.25, 0.3) is 0 Å². The highest BCUT2D eigenvalue weighted by Crippen LogP contribution is 2.29. The van der Waals surface area contributed by atoms with E-state index in [1.165, 1.54) is 28.2 Å². The average molecular weight is 389 g/mol. The molecule has 1 amide bonds. The fourth-order valence-electron chi connectivity index (χ4n) is 4.24. The number of amides is 1. The molecule has 0 unspecified atom stereocenters. The van der Waals surface area contributed by atoms with Gasteiger partial charge in [0.1, 0.15) is 6.54 Å². The number of nitrogens with zero attached hydrogens (tertiary/aromatic N) is 1. The minimum absolute atomic E-state index is 0.0628. The highest BCUT2D eigenvalue weighted by atomic mass is 19.4. The molecule has 28 heavy (non-hydrogen) atoms. The zero-order chi connectivity index (χ0) is 19.7. The summed E-state index contributed by atoms with van der Waals surface area (Å²) in [7, 11) is 0. The van der Waals surface area contributed by atoms with E-state index in [0.29, 0.717) is 25.2 Å². The Morgan fingerprint density at radius 3 is 2.50 bits per heavy atom. The van der Waals surface area contributed by atoms with Crippen LogP contribution < -0.4 is 4.90 Å². The number of quaternary nitrogens is 1. The monoisotopic (exact) mass is 389 g/mol. The first-order valence-electron chi connectivity index (χ1n) is 9.81. The van der Waals surface area contributed by atoms with Gasteiger partial charge < -0.3 is 9.80 Å². The van der Waals surface area contributed by atoms with Gasteiger partial charge >= 0.3 is 6.18 Å². The number of hydrogen-bond donors (Lipinski definition) is 1. The van der Waals surface area contributed by atoms with E-state index in [0.717, 1.165) is 44.0 Å². The van der Waals surface area contributed by atoms with E-state index in [1.54, 1.807) is 6.07 Å². The topological polar surface area (TPSA) is 24.8 Å². The summed E-state index contributed by atoms with van der Waals surface area (Å²) in [6.07, 6.45) is -1.01. The van der Waals surface area contributed by atoms with Crippen LogP contribution in [0.4, 0.5) is 13.2 Å². The molecular weight excluding hydrogens is 365 g/mol.